The first-order valence-corrected chi connectivity index (χ1v) is 7.26. The fourth-order valence-electron chi connectivity index (χ4n) is 2.09. The molecule has 2 heterocycles. The summed E-state index contributed by atoms with van der Waals surface area (Å²) >= 11 is 6.05. The van der Waals surface area contributed by atoms with E-state index in [1.54, 1.807) is 49.6 Å². The molecule has 1 amide bonds. The summed E-state index contributed by atoms with van der Waals surface area (Å²) in [7, 11) is 1.77. The topological polar surface area (TPSA) is 85.0 Å². The summed E-state index contributed by atoms with van der Waals surface area (Å²) in [5, 5.41) is 21.9. The van der Waals surface area contributed by atoms with E-state index in [-0.39, 0.29) is 19.0 Å². The van der Waals surface area contributed by atoms with Crippen LogP contribution in [-0.2, 0) is 24.0 Å². The summed E-state index contributed by atoms with van der Waals surface area (Å²) in [5.74, 6) is -0.244. The van der Waals surface area contributed by atoms with Crippen molar-refractivity contribution in [1.29, 1.82) is 0 Å². The van der Waals surface area contributed by atoms with Gasteiger partial charge in [0.2, 0.25) is 5.91 Å². The third kappa shape index (κ3) is 3.48. The minimum absolute atomic E-state index is 0.0580. The molecule has 0 unspecified atom stereocenters. The molecule has 0 aromatic carbocycles. The Morgan fingerprint density at radius 3 is 2.68 bits per heavy atom. The van der Waals surface area contributed by atoms with Crippen LogP contribution in [0.4, 0.5) is 0 Å². The Bertz CT molecular complexity index is 689. The number of carbonyl (C=O) groups is 1. The second kappa shape index (κ2) is 6.10. The molecule has 120 valence electrons. The van der Waals surface area contributed by atoms with Gasteiger partial charge in [0.1, 0.15) is 12.1 Å². The summed E-state index contributed by atoms with van der Waals surface area (Å²) in [4.78, 5) is 12.0. The maximum atomic E-state index is 12.0. The highest BCUT2D eigenvalue weighted by atomic mass is 35.5. The van der Waals surface area contributed by atoms with E-state index < -0.39 is 5.60 Å². The Balaban J connectivity index is 1.96. The molecule has 0 spiro atoms. The van der Waals surface area contributed by atoms with E-state index in [9.17, 15) is 9.90 Å². The van der Waals surface area contributed by atoms with Crippen molar-refractivity contribution in [2.45, 2.75) is 32.9 Å². The lowest BCUT2D eigenvalue weighted by molar-refractivity contribution is -0.123. The van der Waals surface area contributed by atoms with Gasteiger partial charge in [-0.15, -0.1) is 0 Å². The molecule has 0 saturated carbocycles. The molecule has 2 aromatic rings. The zero-order valence-corrected chi connectivity index (χ0v) is 13.8. The number of nitrogens with one attached hydrogen (secondary N) is 1. The zero-order chi connectivity index (χ0) is 16.5. The Hall–Kier alpha value is -1.86. The molecule has 0 aliphatic carbocycles. The van der Waals surface area contributed by atoms with Crippen LogP contribution < -0.4 is 5.32 Å². The standard InChI is InChI=1S/C14H20ClN5O2/c1-9-13(15)10(2)20(18-9)7-12(21)16-8-14(3,22)11-5-17-19(4)6-11/h5-6,22H,7-8H2,1-4H3,(H,16,21)/t14-/m0/s1. The molecule has 7 nitrogen and oxygen atoms in total. The van der Waals surface area contributed by atoms with Crippen molar-refractivity contribution in [3.63, 3.8) is 0 Å². The fraction of sp³-hybridized carbons (Fsp3) is 0.500. The van der Waals surface area contributed by atoms with Gasteiger partial charge in [-0.3, -0.25) is 14.2 Å². The molecule has 0 aliphatic rings. The molecule has 0 fully saturated rings. The summed E-state index contributed by atoms with van der Waals surface area (Å²) in [5.41, 5.74) is 0.892. The van der Waals surface area contributed by atoms with Crippen molar-refractivity contribution in [2.24, 2.45) is 7.05 Å². The molecular formula is C14H20ClN5O2. The third-order valence-corrected chi connectivity index (χ3v) is 4.09. The largest absolute Gasteiger partial charge is 0.383 e. The maximum Gasteiger partial charge on any atom is 0.241 e. The van der Waals surface area contributed by atoms with Crippen LogP contribution in [0.3, 0.4) is 0 Å². The molecule has 8 heteroatoms. The SMILES string of the molecule is Cc1nn(CC(=O)NC[C@](C)(O)c2cnn(C)c2)c(C)c1Cl. The average molecular weight is 326 g/mol. The number of hydrogen-bond donors (Lipinski definition) is 2. The molecule has 2 N–H and O–H groups in total. The lowest BCUT2D eigenvalue weighted by Crippen LogP contribution is -2.40. The van der Waals surface area contributed by atoms with Crippen LogP contribution >= 0.6 is 11.6 Å². The predicted octanol–water partition coefficient (Wildman–Crippen LogP) is 0.911. The van der Waals surface area contributed by atoms with E-state index in [2.05, 4.69) is 15.5 Å². The number of amides is 1. The van der Waals surface area contributed by atoms with Crippen LogP contribution in [0.2, 0.25) is 5.02 Å². The van der Waals surface area contributed by atoms with Gasteiger partial charge >= 0.3 is 0 Å². The number of aryl methyl sites for hydroxylation is 2. The molecule has 2 rings (SSSR count). The highest BCUT2D eigenvalue weighted by Crippen LogP contribution is 2.19. The number of aliphatic hydroxyl groups is 1. The second-order valence-corrected chi connectivity index (χ2v) is 5.97. The van der Waals surface area contributed by atoms with Crippen molar-refractivity contribution in [3.8, 4) is 0 Å². The molecule has 0 saturated heterocycles. The van der Waals surface area contributed by atoms with Crippen molar-refractivity contribution >= 4 is 17.5 Å². The van der Waals surface area contributed by atoms with Crippen LogP contribution in [0.15, 0.2) is 12.4 Å². The summed E-state index contributed by atoms with van der Waals surface area (Å²) < 4.78 is 3.15. The number of carbonyl (C=O) groups excluding carboxylic acids is 1. The highest BCUT2D eigenvalue weighted by Gasteiger charge is 2.25. The number of rotatable bonds is 5. The van der Waals surface area contributed by atoms with Crippen LogP contribution in [0.25, 0.3) is 0 Å². The van der Waals surface area contributed by atoms with Gasteiger partial charge in [0, 0.05) is 18.8 Å². The number of hydrogen-bond acceptors (Lipinski definition) is 4. The monoisotopic (exact) mass is 325 g/mol. The summed E-state index contributed by atoms with van der Waals surface area (Å²) in [6, 6.07) is 0. The molecule has 0 radical (unpaired) electrons. The smallest absolute Gasteiger partial charge is 0.241 e. The summed E-state index contributed by atoms with van der Waals surface area (Å²) in [6.45, 7) is 5.37. The van der Waals surface area contributed by atoms with Crippen LogP contribution in [0.5, 0.6) is 0 Å². The zero-order valence-electron chi connectivity index (χ0n) is 13.1. The van der Waals surface area contributed by atoms with E-state index in [0.717, 1.165) is 5.69 Å². The first-order valence-electron chi connectivity index (χ1n) is 6.88. The molecule has 0 bridgehead atoms. The Labute approximate surface area is 133 Å². The second-order valence-electron chi connectivity index (χ2n) is 5.60. The van der Waals surface area contributed by atoms with Gasteiger partial charge in [0.25, 0.3) is 0 Å². The van der Waals surface area contributed by atoms with E-state index in [4.69, 9.17) is 11.6 Å². The lowest BCUT2D eigenvalue weighted by atomic mass is 10.00. The third-order valence-electron chi connectivity index (χ3n) is 3.54. The summed E-state index contributed by atoms with van der Waals surface area (Å²) in [6.07, 6.45) is 3.29. The van der Waals surface area contributed by atoms with Crippen LogP contribution in [-0.4, -0.2) is 37.1 Å². The normalized spacial score (nSPS) is 13.9. The van der Waals surface area contributed by atoms with Crippen molar-refractivity contribution in [1.82, 2.24) is 24.9 Å². The van der Waals surface area contributed by atoms with E-state index in [0.29, 0.717) is 16.3 Å². The van der Waals surface area contributed by atoms with Crippen LogP contribution in [0, 0.1) is 13.8 Å². The number of halogens is 1. The van der Waals surface area contributed by atoms with Gasteiger partial charge in [-0.1, -0.05) is 11.6 Å². The van der Waals surface area contributed by atoms with Gasteiger partial charge in [-0.05, 0) is 20.8 Å². The van der Waals surface area contributed by atoms with E-state index >= 15 is 0 Å². The molecular weight excluding hydrogens is 306 g/mol. The molecule has 0 aliphatic heterocycles. The Morgan fingerprint density at radius 2 is 2.18 bits per heavy atom. The van der Waals surface area contributed by atoms with Gasteiger partial charge in [-0.25, -0.2) is 0 Å². The van der Waals surface area contributed by atoms with Crippen molar-refractivity contribution < 1.29 is 9.90 Å². The van der Waals surface area contributed by atoms with Crippen molar-refractivity contribution in [2.75, 3.05) is 6.54 Å². The van der Waals surface area contributed by atoms with Gasteiger partial charge in [0.05, 0.1) is 29.2 Å². The molecule has 1 atom stereocenters. The van der Waals surface area contributed by atoms with Crippen LogP contribution in [0.1, 0.15) is 23.9 Å². The number of aromatic nitrogens is 4. The van der Waals surface area contributed by atoms with Gasteiger partial charge < -0.3 is 10.4 Å². The minimum Gasteiger partial charge on any atom is -0.383 e. The number of nitrogens with zero attached hydrogens (tertiary/aromatic N) is 4. The molecule has 22 heavy (non-hydrogen) atoms. The predicted molar refractivity (Wildman–Crippen MR) is 82.5 cm³/mol. The lowest BCUT2D eigenvalue weighted by Gasteiger charge is -2.22. The Kier molecular flexibility index (Phi) is 4.58. The fourth-order valence-corrected chi connectivity index (χ4v) is 2.23. The van der Waals surface area contributed by atoms with Gasteiger partial charge in [0.15, 0.2) is 0 Å². The maximum absolute atomic E-state index is 12.0. The van der Waals surface area contributed by atoms with E-state index in [1.807, 2.05) is 0 Å². The first-order chi connectivity index (χ1) is 10.2. The molecule has 2 aromatic heterocycles. The Morgan fingerprint density at radius 1 is 1.50 bits per heavy atom. The first kappa shape index (κ1) is 16.5. The minimum atomic E-state index is -1.18. The average Bonchev–Trinajstić information content (AvgIpc) is 2.98. The highest BCUT2D eigenvalue weighted by molar-refractivity contribution is 6.31. The van der Waals surface area contributed by atoms with Gasteiger partial charge in [-0.2, -0.15) is 10.2 Å². The van der Waals surface area contributed by atoms with E-state index in [1.165, 1.54) is 0 Å². The van der Waals surface area contributed by atoms with Crippen molar-refractivity contribution in [3.05, 3.63) is 34.4 Å². The quantitative estimate of drug-likeness (QED) is 0.855.